The molecule has 0 heterocycles. The van der Waals surface area contributed by atoms with Gasteiger partial charge in [-0.1, -0.05) is 52.6 Å². The minimum absolute atomic E-state index is 0.0476. The monoisotopic (exact) mass is 880 g/mol. The zero-order chi connectivity index (χ0) is 47.4. The highest BCUT2D eigenvalue weighted by Crippen LogP contribution is 2.04. The van der Waals surface area contributed by atoms with Crippen LogP contribution in [0.4, 0.5) is 0 Å². The van der Waals surface area contributed by atoms with Gasteiger partial charge in [-0.3, -0.25) is 38.4 Å². The fraction of sp³-hybridized carbons (Fsp3) is 0.455. The maximum absolute atomic E-state index is 13.0. The smallest absolute Gasteiger partial charge is 0.246 e. The predicted octanol–water partition coefficient (Wildman–Crippen LogP) is -1.55. The van der Waals surface area contributed by atoms with E-state index in [1.165, 1.54) is 48.8 Å². The molecule has 0 aromatic carbocycles. The second kappa shape index (κ2) is 35.2. The molecule has 0 bridgehead atoms. The Bertz CT molecular complexity index is 1600. The Hall–Kier alpha value is -6.44. The first-order valence-corrected chi connectivity index (χ1v) is 20.7. The van der Waals surface area contributed by atoms with Gasteiger partial charge in [0, 0.05) is 131 Å². The maximum Gasteiger partial charge on any atom is 0.246 e. The van der Waals surface area contributed by atoms with E-state index in [1.54, 1.807) is 4.90 Å². The lowest BCUT2D eigenvalue weighted by Gasteiger charge is -2.32. The molecule has 19 nitrogen and oxygen atoms in total. The minimum atomic E-state index is -0.443. The third-order valence-corrected chi connectivity index (χ3v) is 9.29. The van der Waals surface area contributed by atoms with E-state index in [0.29, 0.717) is 65.4 Å². The number of rotatable bonds is 38. The van der Waals surface area contributed by atoms with Crippen LogP contribution in [0, 0.1) is 0 Å². The van der Waals surface area contributed by atoms with Crippen molar-refractivity contribution in [2.24, 2.45) is 0 Å². The van der Waals surface area contributed by atoms with Crippen molar-refractivity contribution in [2.45, 2.75) is 0 Å². The summed E-state index contributed by atoms with van der Waals surface area (Å²) in [4.78, 5) is 109. The first kappa shape index (κ1) is 56.6. The number of nitrogens with one attached hydrogen (secondary N) is 5. The average molecular weight is 880 g/mol. The molecular formula is C44H69N11O8. The molecule has 5 N–H and O–H groups in total. The van der Waals surface area contributed by atoms with Crippen LogP contribution >= 0.6 is 0 Å². The second-order valence-corrected chi connectivity index (χ2v) is 13.4. The summed E-state index contributed by atoms with van der Waals surface area (Å²) < 4.78 is 0. The molecule has 348 valence electrons. The van der Waals surface area contributed by atoms with Crippen LogP contribution in [0.3, 0.4) is 0 Å². The lowest BCUT2D eigenvalue weighted by molar-refractivity contribution is -0.133. The Labute approximate surface area is 373 Å². The number of hydrogen-bond acceptors (Lipinski definition) is 11. The molecular weight excluding hydrogens is 811 g/mol. The van der Waals surface area contributed by atoms with E-state index in [9.17, 15) is 38.4 Å². The molecule has 0 fully saturated rings. The van der Waals surface area contributed by atoms with E-state index < -0.39 is 23.6 Å². The molecule has 0 saturated carbocycles. The van der Waals surface area contributed by atoms with Crippen LogP contribution in [-0.4, -0.2) is 208 Å². The number of carbonyl (C=O) groups excluding carboxylic acids is 8. The number of carbonyl (C=O) groups is 8. The molecule has 0 spiro atoms. The van der Waals surface area contributed by atoms with E-state index in [4.69, 9.17) is 0 Å². The lowest BCUT2D eigenvalue weighted by Crippen LogP contribution is -2.48. The predicted molar refractivity (Wildman–Crippen MR) is 246 cm³/mol. The molecule has 0 aliphatic rings. The van der Waals surface area contributed by atoms with Gasteiger partial charge in [0.05, 0.1) is 0 Å². The first-order chi connectivity index (χ1) is 30.3. The van der Waals surface area contributed by atoms with Crippen molar-refractivity contribution in [3.8, 4) is 0 Å². The highest BCUT2D eigenvalue weighted by atomic mass is 16.2. The van der Waals surface area contributed by atoms with Gasteiger partial charge in [-0.25, -0.2) is 0 Å². The van der Waals surface area contributed by atoms with E-state index in [2.05, 4.69) is 79.2 Å². The molecule has 0 rings (SSSR count). The van der Waals surface area contributed by atoms with Crippen LogP contribution < -0.4 is 26.6 Å². The van der Waals surface area contributed by atoms with Crippen molar-refractivity contribution in [3.05, 3.63) is 101 Å². The largest absolute Gasteiger partial charge is 0.351 e. The number of amides is 8. The minimum Gasteiger partial charge on any atom is -0.351 e. The van der Waals surface area contributed by atoms with Crippen LogP contribution in [-0.2, 0) is 38.4 Å². The second-order valence-electron chi connectivity index (χ2n) is 13.4. The van der Waals surface area contributed by atoms with Gasteiger partial charge < -0.3 is 56.0 Å². The summed E-state index contributed by atoms with van der Waals surface area (Å²) in [5, 5.41) is 14.9. The van der Waals surface area contributed by atoms with E-state index >= 15 is 0 Å². The van der Waals surface area contributed by atoms with Crippen molar-refractivity contribution >= 4 is 47.3 Å². The normalized spacial score (nSPS) is 10.2. The summed E-state index contributed by atoms with van der Waals surface area (Å²) in [5.74, 6) is -2.90. The van der Waals surface area contributed by atoms with Crippen LogP contribution in [0.5, 0.6) is 0 Å². The van der Waals surface area contributed by atoms with Crippen molar-refractivity contribution < 1.29 is 38.4 Å². The van der Waals surface area contributed by atoms with E-state index in [1.807, 2.05) is 0 Å². The van der Waals surface area contributed by atoms with Crippen LogP contribution in [0.15, 0.2) is 101 Å². The van der Waals surface area contributed by atoms with Gasteiger partial charge in [-0.05, 0) is 48.6 Å². The third-order valence-electron chi connectivity index (χ3n) is 9.29. The summed E-state index contributed by atoms with van der Waals surface area (Å²) in [6.07, 6.45) is 9.30. The van der Waals surface area contributed by atoms with Gasteiger partial charge >= 0.3 is 0 Å². The SMILES string of the molecule is C=CC(=O)NCCNCCNCCN(CCN(CCN(CCN(CCN(CCN(CCNCCNC(=O)C=C)C(=O)C=C)C(=O)C=C)C(=O)C=C)C(=O)C=C)C(=O)C=C)C(=O)C=C. The summed E-state index contributed by atoms with van der Waals surface area (Å²) in [7, 11) is 0. The summed E-state index contributed by atoms with van der Waals surface area (Å²) in [5.41, 5.74) is 0. The number of nitrogens with zero attached hydrogens (tertiary/aromatic N) is 6. The molecule has 0 aliphatic heterocycles. The fourth-order valence-electron chi connectivity index (χ4n) is 5.65. The van der Waals surface area contributed by atoms with Crippen LogP contribution in [0.2, 0.25) is 0 Å². The average Bonchev–Trinajstić information content (AvgIpc) is 3.30. The summed E-state index contributed by atoms with van der Waals surface area (Å²) >= 11 is 0. The number of hydrogen-bond donors (Lipinski definition) is 5. The van der Waals surface area contributed by atoms with Gasteiger partial charge in [0.25, 0.3) is 0 Å². The topological polar surface area (TPSA) is 216 Å². The standard InChI is InChI=1S/C44H69N11O8/c1-9-37(56)48-21-19-45-17-18-46-23-25-50(39(58)11-3)27-29-52(41(60)13-5)31-33-54(43(62)15-7)35-36-55(44(63)16-8)34-32-53(42(61)14-6)30-28-51(40(59)12-4)26-24-47-20-22-49-38(57)10-2/h9-16,45-47H,1-8,17-36H2,(H,48,56)(H,49,57). The van der Waals surface area contributed by atoms with Gasteiger partial charge in [-0.2, -0.15) is 0 Å². The van der Waals surface area contributed by atoms with Crippen molar-refractivity contribution in [3.63, 3.8) is 0 Å². The van der Waals surface area contributed by atoms with E-state index in [-0.39, 0.29) is 89.1 Å². The molecule has 0 aromatic heterocycles. The third kappa shape index (κ3) is 25.2. The molecule has 63 heavy (non-hydrogen) atoms. The Morgan fingerprint density at radius 2 is 0.460 bits per heavy atom. The van der Waals surface area contributed by atoms with Gasteiger partial charge in [-0.15, -0.1) is 0 Å². The molecule has 0 unspecified atom stereocenters. The molecule has 19 heteroatoms. The lowest BCUT2D eigenvalue weighted by atomic mass is 10.3. The molecule has 0 atom stereocenters. The molecule has 0 saturated heterocycles. The highest BCUT2D eigenvalue weighted by Gasteiger charge is 2.22. The maximum atomic E-state index is 13.0. The van der Waals surface area contributed by atoms with Gasteiger partial charge in [0.2, 0.25) is 47.3 Å². The van der Waals surface area contributed by atoms with Gasteiger partial charge in [0.15, 0.2) is 0 Å². The first-order valence-electron chi connectivity index (χ1n) is 20.7. The summed E-state index contributed by atoms with van der Waals surface area (Å²) in [6.45, 7) is 34.0. The van der Waals surface area contributed by atoms with Crippen LogP contribution in [0.25, 0.3) is 0 Å². The van der Waals surface area contributed by atoms with Crippen molar-refractivity contribution in [1.29, 1.82) is 0 Å². The zero-order valence-electron chi connectivity index (χ0n) is 36.9. The quantitative estimate of drug-likeness (QED) is 0.0354. The molecule has 0 aliphatic carbocycles. The molecule has 0 radical (unpaired) electrons. The summed E-state index contributed by atoms with van der Waals surface area (Å²) in [6, 6.07) is 0. The Morgan fingerprint density at radius 3 is 0.667 bits per heavy atom. The Balaban J connectivity index is 5.53. The zero-order valence-corrected chi connectivity index (χ0v) is 36.9. The molecule has 0 aromatic rings. The fourth-order valence-corrected chi connectivity index (χ4v) is 5.65. The van der Waals surface area contributed by atoms with E-state index in [0.717, 1.165) is 24.3 Å². The molecule has 8 amide bonds. The van der Waals surface area contributed by atoms with Crippen molar-refractivity contribution in [1.82, 2.24) is 56.0 Å². The van der Waals surface area contributed by atoms with Crippen LogP contribution in [0.1, 0.15) is 0 Å². The highest BCUT2D eigenvalue weighted by molar-refractivity contribution is 5.90. The van der Waals surface area contributed by atoms with Crippen molar-refractivity contribution in [2.75, 3.05) is 131 Å². The van der Waals surface area contributed by atoms with Gasteiger partial charge in [0.1, 0.15) is 0 Å². The Morgan fingerprint density at radius 1 is 0.270 bits per heavy atom. The Kier molecular flexibility index (Phi) is 31.6.